The van der Waals surface area contributed by atoms with E-state index in [1.807, 2.05) is 30.3 Å². The summed E-state index contributed by atoms with van der Waals surface area (Å²) in [6.07, 6.45) is 0. The van der Waals surface area contributed by atoms with Crippen molar-refractivity contribution in [2.75, 3.05) is 0 Å². The topological polar surface area (TPSA) is 63.0 Å². The summed E-state index contributed by atoms with van der Waals surface area (Å²) in [5, 5.41) is 8.39. The third-order valence-corrected chi connectivity index (χ3v) is 3.64. The average molecular weight is 297 g/mol. The van der Waals surface area contributed by atoms with E-state index in [1.54, 1.807) is 22.7 Å². The van der Waals surface area contributed by atoms with E-state index in [1.165, 1.54) is 0 Å². The van der Waals surface area contributed by atoms with Gasteiger partial charge >= 0.3 is 0 Å². The molecule has 0 bridgehead atoms. The van der Waals surface area contributed by atoms with Gasteiger partial charge in [-0.05, 0) is 24.3 Å². The van der Waals surface area contributed by atoms with Gasteiger partial charge in [0.2, 0.25) is 0 Å². The molecular weight excluding hydrogens is 288 g/mol. The predicted molar refractivity (Wildman–Crippen MR) is 81.6 cm³/mol. The molecule has 0 aliphatic rings. The van der Waals surface area contributed by atoms with Crippen molar-refractivity contribution in [3.8, 4) is 11.3 Å². The van der Waals surface area contributed by atoms with E-state index in [4.69, 9.17) is 11.6 Å². The normalized spacial score (nSPS) is 11.3. The van der Waals surface area contributed by atoms with Gasteiger partial charge < -0.3 is 0 Å². The summed E-state index contributed by atoms with van der Waals surface area (Å²) < 4.78 is 1.71. The molecule has 0 unspecified atom stereocenters. The van der Waals surface area contributed by atoms with Gasteiger partial charge in [-0.15, -0.1) is 0 Å². The molecule has 102 valence electrons. The summed E-state index contributed by atoms with van der Waals surface area (Å²) in [5.74, 6) is 0. The van der Waals surface area contributed by atoms with Gasteiger partial charge in [-0.1, -0.05) is 35.9 Å². The van der Waals surface area contributed by atoms with E-state index < -0.39 is 0 Å². The number of aromatic nitrogens is 4. The average Bonchev–Trinajstić information content (AvgIpc) is 2.92. The Labute approximate surface area is 123 Å². The number of halogens is 1. The lowest BCUT2D eigenvalue weighted by molar-refractivity contribution is 0.874. The minimum absolute atomic E-state index is 0.262. The van der Waals surface area contributed by atoms with Gasteiger partial charge in [0.1, 0.15) is 5.69 Å². The van der Waals surface area contributed by atoms with Crippen molar-refractivity contribution in [1.82, 2.24) is 19.8 Å². The van der Waals surface area contributed by atoms with Gasteiger partial charge in [-0.3, -0.25) is 4.79 Å². The molecule has 21 heavy (non-hydrogen) atoms. The maximum atomic E-state index is 12.1. The molecule has 0 spiro atoms. The zero-order valence-corrected chi connectivity index (χ0v) is 11.5. The van der Waals surface area contributed by atoms with Crippen LogP contribution in [0, 0.1) is 0 Å². The molecule has 2 aromatic carbocycles. The molecule has 1 N–H and O–H groups in total. The van der Waals surface area contributed by atoms with Crippen molar-refractivity contribution in [3.05, 3.63) is 63.9 Å². The first-order chi connectivity index (χ1) is 10.2. The van der Waals surface area contributed by atoms with Gasteiger partial charge in [-0.2, -0.15) is 10.1 Å². The van der Waals surface area contributed by atoms with Crippen LogP contribution >= 0.6 is 11.6 Å². The standard InChI is InChI=1S/C15H9ClN4O/c16-10-7-5-9(6-8-10)13-14-17-15(21)11-3-1-2-4-12(11)20(14)19-18-13/h1-8,19H. The van der Waals surface area contributed by atoms with E-state index in [0.29, 0.717) is 21.7 Å². The second-order valence-corrected chi connectivity index (χ2v) is 5.10. The summed E-state index contributed by atoms with van der Waals surface area (Å²) in [6, 6.07) is 14.5. The van der Waals surface area contributed by atoms with Crippen LogP contribution in [0.15, 0.2) is 53.3 Å². The Hall–Kier alpha value is -2.66. The highest BCUT2D eigenvalue weighted by Crippen LogP contribution is 2.23. The number of nitrogens with one attached hydrogen (secondary N) is 1. The molecule has 0 radical (unpaired) electrons. The molecule has 5 nitrogen and oxygen atoms in total. The number of aromatic amines is 1. The molecule has 2 aromatic heterocycles. The molecule has 0 saturated heterocycles. The summed E-state index contributed by atoms with van der Waals surface area (Å²) >= 11 is 5.90. The summed E-state index contributed by atoms with van der Waals surface area (Å²) in [7, 11) is 0. The van der Waals surface area contributed by atoms with Crippen molar-refractivity contribution < 1.29 is 0 Å². The fraction of sp³-hybridized carbons (Fsp3) is 0. The number of para-hydroxylation sites is 1. The Morgan fingerprint density at radius 2 is 1.81 bits per heavy atom. The number of benzene rings is 2. The summed E-state index contributed by atoms with van der Waals surface area (Å²) in [4.78, 5) is 16.3. The summed E-state index contributed by atoms with van der Waals surface area (Å²) in [6.45, 7) is 0. The molecule has 0 aliphatic heterocycles. The van der Waals surface area contributed by atoms with Crippen LogP contribution in [0.5, 0.6) is 0 Å². The number of fused-ring (bicyclic) bond motifs is 3. The van der Waals surface area contributed by atoms with Crippen molar-refractivity contribution in [3.63, 3.8) is 0 Å². The monoisotopic (exact) mass is 296 g/mol. The second kappa shape index (κ2) is 4.43. The SMILES string of the molecule is O=c1nc2c(-c3ccc(Cl)cc3)n[nH]n2c2ccccc12. The zero-order valence-electron chi connectivity index (χ0n) is 10.7. The summed E-state index contributed by atoms with van der Waals surface area (Å²) in [5.41, 5.74) is 2.46. The van der Waals surface area contributed by atoms with Gasteiger partial charge in [-0.25, -0.2) is 9.73 Å². The van der Waals surface area contributed by atoms with Crippen molar-refractivity contribution in [2.45, 2.75) is 0 Å². The van der Waals surface area contributed by atoms with Crippen molar-refractivity contribution in [1.29, 1.82) is 0 Å². The van der Waals surface area contributed by atoms with E-state index in [9.17, 15) is 4.79 Å². The van der Waals surface area contributed by atoms with Gasteiger partial charge in [0.15, 0.2) is 5.65 Å². The minimum Gasteiger partial charge on any atom is -0.267 e. The largest absolute Gasteiger partial charge is 0.281 e. The first kappa shape index (κ1) is 12.1. The first-order valence-electron chi connectivity index (χ1n) is 6.36. The lowest BCUT2D eigenvalue weighted by atomic mass is 10.1. The minimum atomic E-state index is -0.262. The van der Waals surface area contributed by atoms with Crippen molar-refractivity contribution >= 4 is 28.2 Å². The Bertz CT molecular complexity index is 1020. The highest BCUT2D eigenvalue weighted by molar-refractivity contribution is 6.30. The van der Waals surface area contributed by atoms with Gasteiger partial charge in [0, 0.05) is 10.6 Å². The smallest absolute Gasteiger partial charge is 0.267 e. The third kappa shape index (κ3) is 1.82. The predicted octanol–water partition coefficient (Wildman–Crippen LogP) is 2.89. The Balaban J connectivity index is 2.09. The first-order valence-corrected chi connectivity index (χ1v) is 6.74. The Morgan fingerprint density at radius 1 is 1.05 bits per heavy atom. The van der Waals surface area contributed by atoms with Crippen LogP contribution in [-0.2, 0) is 0 Å². The maximum Gasteiger partial charge on any atom is 0.281 e. The molecule has 2 heterocycles. The maximum absolute atomic E-state index is 12.1. The van der Waals surface area contributed by atoms with Crippen LogP contribution in [-0.4, -0.2) is 19.8 Å². The number of rotatable bonds is 1. The lowest BCUT2D eigenvalue weighted by Gasteiger charge is -2.00. The zero-order chi connectivity index (χ0) is 14.4. The highest BCUT2D eigenvalue weighted by atomic mass is 35.5. The number of hydrogen-bond acceptors (Lipinski definition) is 3. The van der Waals surface area contributed by atoms with E-state index in [-0.39, 0.29) is 5.56 Å². The van der Waals surface area contributed by atoms with E-state index >= 15 is 0 Å². The fourth-order valence-electron chi connectivity index (χ4n) is 2.38. The van der Waals surface area contributed by atoms with Crippen LogP contribution in [0.3, 0.4) is 0 Å². The van der Waals surface area contributed by atoms with Crippen LogP contribution < -0.4 is 5.56 Å². The second-order valence-electron chi connectivity index (χ2n) is 4.66. The number of hydrogen-bond donors (Lipinski definition) is 1. The van der Waals surface area contributed by atoms with Gasteiger partial charge in [0.25, 0.3) is 5.56 Å². The van der Waals surface area contributed by atoms with Crippen molar-refractivity contribution in [2.24, 2.45) is 0 Å². The van der Waals surface area contributed by atoms with Crippen LogP contribution in [0.25, 0.3) is 27.8 Å². The van der Waals surface area contributed by atoms with E-state index in [2.05, 4.69) is 15.3 Å². The van der Waals surface area contributed by atoms with Crippen LogP contribution in [0.4, 0.5) is 0 Å². The quantitative estimate of drug-likeness (QED) is 0.587. The van der Waals surface area contributed by atoms with Crippen LogP contribution in [0.2, 0.25) is 5.02 Å². The third-order valence-electron chi connectivity index (χ3n) is 3.39. The fourth-order valence-corrected chi connectivity index (χ4v) is 2.51. The molecular formula is C15H9ClN4O. The van der Waals surface area contributed by atoms with Gasteiger partial charge in [0.05, 0.1) is 10.9 Å². The molecule has 4 aromatic rings. The lowest BCUT2D eigenvalue weighted by Crippen LogP contribution is -2.10. The van der Waals surface area contributed by atoms with E-state index in [0.717, 1.165) is 11.1 Å². The molecule has 6 heteroatoms. The Kier molecular flexibility index (Phi) is 2.55. The molecule has 4 rings (SSSR count). The number of nitrogens with zero attached hydrogens (tertiary/aromatic N) is 3. The highest BCUT2D eigenvalue weighted by Gasteiger charge is 2.13. The Morgan fingerprint density at radius 3 is 2.62 bits per heavy atom. The molecule has 0 saturated carbocycles. The molecule has 0 fully saturated rings. The number of H-pyrrole nitrogens is 1. The molecule has 0 amide bonds. The molecule has 0 aliphatic carbocycles. The van der Waals surface area contributed by atoms with Crippen LogP contribution in [0.1, 0.15) is 0 Å². The molecule has 0 atom stereocenters.